The first-order chi connectivity index (χ1) is 9.05. The smallest absolute Gasteiger partial charge is 0.162 e. The van der Waals surface area contributed by atoms with E-state index in [2.05, 4.69) is 15.9 Å². The molecule has 1 aliphatic carbocycles. The van der Waals surface area contributed by atoms with Gasteiger partial charge in [0.05, 0.1) is 7.11 Å². The van der Waals surface area contributed by atoms with Crippen LogP contribution in [0.1, 0.15) is 43.2 Å². The third kappa shape index (κ3) is 2.48. The van der Waals surface area contributed by atoms with Gasteiger partial charge in [-0.3, -0.25) is 0 Å². The molecule has 19 heavy (non-hydrogen) atoms. The van der Waals surface area contributed by atoms with Gasteiger partial charge in [-0.1, -0.05) is 35.2 Å². The molecule has 4 heteroatoms. The molecule has 0 bridgehead atoms. The van der Waals surface area contributed by atoms with Crippen LogP contribution in [0.4, 0.5) is 0 Å². The van der Waals surface area contributed by atoms with Gasteiger partial charge < -0.3 is 15.6 Å². The summed E-state index contributed by atoms with van der Waals surface area (Å²) in [6, 6.07) is 1.86. The Balaban J connectivity index is 2.62. The van der Waals surface area contributed by atoms with Crippen molar-refractivity contribution in [2.75, 3.05) is 13.7 Å². The fraction of sp³-hybridized carbons (Fsp3) is 0.600. The van der Waals surface area contributed by atoms with Gasteiger partial charge in [0.2, 0.25) is 0 Å². The maximum Gasteiger partial charge on any atom is 0.162 e. The van der Waals surface area contributed by atoms with Crippen molar-refractivity contribution in [1.82, 2.24) is 0 Å². The van der Waals surface area contributed by atoms with E-state index in [0.29, 0.717) is 12.3 Å². The molecule has 3 N–H and O–H groups in total. The summed E-state index contributed by atoms with van der Waals surface area (Å²) in [5.74, 6) is 0.779. The molecule has 0 saturated heterocycles. The molecule has 0 atom stereocenters. The highest BCUT2D eigenvalue weighted by Crippen LogP contribution is 2.49. The number of rotatable bonds is 3. The van der Waals surface area contributed by atoms with Crippen molar-refractivity contribution in [2.45, 2.75) is 44.4 Å². The molecule has 1 fully saturated rings. The van der Waals surface area contributed by atoms with Crippen molar-refractivity contribution in [3.8, 4) is 11.5 Å². The summed E-state index contributed by atoms with van der Waals surface area (Å²) in [6.07, 6.45) is 5.65. The second kappa shape index (κ2) is 5.71. The Morgan fingerprint density at radius 3 is 2.53 bits per heavy atom. The second-order valence-electron chi connectivity index (χ2n) is 5.48. The maximum atomic E-state index is 10.5. The monoisotopic (exact) mass is 327 g/mol. The van der Waals surface area contributed by atoms with E-state index in [4.69, 9.17) is 10.5 Å². The van der Waals surface area contributed by atoms with Crippen LogP contribution in [0.25, 0.3) is 0 Å². The number of aromatic hydroxyl groups is 1. The van der Waals surface area contributed by atoms with Crippen LogP contribution >= 0.6 is 15.9 Å². The third-order valence-electron chi connectivity index (χ3n) is 4.34. The van der Waals surface area contributed by atoms with E-state index >= 15 is 0 Å². The van der Waals surface area contributed by atoms with Crippen molar-refractivity contribution in [2.24, 2.45) is 5.73 Å². The van der Waals surface area contributed by atoms with Crippen molar-refractivity contribution in [3.63, 3.8) is 0 Å². The molecule has 0 amide bonds. The first-order valence-electron chi connectivity index (χ1n) is 6.82. The summed E-state index contributed by atoms with van der Waals surface area (Å²) in [7, 11) is 1.59. The minimum absolute atomic E-state index is 0.125. The van der Waals surface area contributed by atoms with Gasteiger partial charge in [-0.25, -0.2) is 0 Å². The number of nitrogens with two attached hydrogens (primary N) is 1. The first kappa shape index (κ1) is 14.7. The van der Waals surface area contributed by atoms with E-state index in [1.807, 2.05) is 13.0 Å². The summed E-state index contributed by atoms with van der Waals surface area (Å²) in [5, 5.41) is 10.5. The Morgan fingerprint density at radius 2 is 2.00 bits per heavy atom. The molecule has 1 aromatic rings. The van der Waals surface area contributed by atoms with Crippen LogP contribution in [0, 0.1) is 6.92 Å². The number of phenolic OH excluding ortho intramolecular Hbond substituents is 1. The third-order valence-corrected chi connectivity index (χ3v) is 5.36. The highest BCUT2D eigenvalue weighted by molar-refractivity contribution is 9.10. The van der Waals surface area contributed by atoms with Gasteiger partial charge >= 0.3 is 0 Å². The Kier molecular flexibility index (Phi) is 4.41. The average molecular weight is 328 g/mol. The van der Waals surface area contributed by atoms with Crippen LogP contribution in [-0.2, 0) is 5.41 Å². The minimum atomic E-state index is -0.125. The molecule has 0 aromatic heterocycles. The molecule has 0 spiro atoms. The highest BCUT2D eigenvalue weighted by atomic mass is 79.9. The minimum Gasteiger partial charge on any atom is -0.504 e. The van der Waals surface area contributed by atoms with E-state index in [0.717, 1.165) is 28.4 Å². The number of phenols is 1. The summed E-state index contributed by atoms with van der Waals surface area (Å²) in [6.45, 7) is 2.58. The lowest BCUT2D eigenvalue weighted by Gasteiger charge is -2.38. The standard InChI is InChI=1S/C15H22BrNO2/c1-10-8-11(19-2)14(18)12(13(10)16)15(9-17)6-4-3-5-7-15/h8,18H,3-7,9,17H2,1-2H3. The fourth-order valence-electron chi connectivity index (χ4n) is 3.18. The zero-order valence-electron chi connectivity index (χ0n) is 11.6. The summed E-state index contributed by atoms with van der Waals surface area (Å²) < 4.78 is 6.26. The first-order valence-corrected chi connectivity index (χ1v) is 7.61. The molecule has 0 radical (unpaired) electrons. The maximum absolute atomic E-state index is 10.5. The van der Waals surface area contributed by atoms with Crippen LogP contribution in [0.2, 0.25) is 0 Å². The Bertz CT molecular complexity index is 468. The van der Waals surface area contributed by atoms with Crippen molar-refractivity contribution >= 4 is 15.9 Å². The van der Waals surface area contributed by atoms with E-state index in [1.54, 1.807) is 7.11 Å². The molecule has 1 saturated carbocycles. The van der Waals surface area contributed by atoms with Gasteiger partial charge in [-0.15, -0.1) is 0 Å². The van der Waals surface area contributed by atoms with E-state index in [-0.39, 0.29) is 11.2 Å². The van der Waals surface area contributed by atoms with Crippen LogP contribution in [0.5, 0.6) is 11.5 Å². The van der Waals surface area contributed by atoms with Gasteiger partial charge in [-0.05, 0) is 31.4 Å². The number of benzene rings is 1. The number of aryl methyl sites for hydroxylation is 1. The van der Waals surface area contributed by atoms with Crippen LogP contribution in [-0.4, -0.2) is 18.8 Å². The average Bonchev–Trinajstić information content (AvgIpc) is 2.44. The summed E-state index contributed by atoms with van der Waals surface area (Å²) in [5.41, 5.74) is 7.96. The molecule has 1 aromatic carbocycles. The Morgan fingerprint density at radius 1 is 1.37 bits per heavy atom. The predicted octanol–water partition coefficient (Wildman–Crippen LogP) is 3.63. The van der Waals surface area contributed by atoms with E-state index < -0.39 is 0 Å². The van der Waals surface area contributed by atoms with Crippen LogP contribution < -0.4 is 10.5 Å². The molecule has 1 aliphatic rings. The van der Waals surface area contributed by atoms with Crippen LogP contribution in [0.3, 0.4) is 0 Å². The lowest BCUT2D eigenvalue weighted by molar-refractivity contribution is 0.284. The normalized spacial score (nSPS) is 18.3. The topological polar surface area (TPSA) is 55.5 Å². The Labute approximate surface area is 123 Å². The highest BCUT2D eigenvalue weighted by Gasteiger charge is 2.37. The molecule has 0 aliphatic heterocycles. The zero-order valence-corrected chi connectivity index (χ0v) is 13.2. The number of hydrogen-bond acceptors (Lipinski definition) is 3. The fourth-order valence-corrected chi connectivity index (χ4v) is 3.90. The van der Waals surface area contributed by atoms with Crippen LogP contribution in [0.15, 0.2) is 10.5 Å². The zero-order chi connectivity index (χ0) is 14.0. The SMILES string of the molecule is COc1cc(C)c(Br)c(C2(CN)CCCCC2)c1O. The quantitative estimate of drug-likeness (QED) is 0.891. The second-order valence-corrected chi connectivity index (χ2v) is 6.27. The Hall–Kier alpha value is -0.740. The molecule has 3 nitrogen and oxygen atoms in total. The molecule has 2 rings (SSSR count). The van der Waals surface area contributed by atoms with E-state index in [1.165, 1.54) is 19.3 Å². The molecule has 106 valence electrons. The molecular formula is C15H22BrNO2. The summed E-state index contributed by atoms with van der Waals surface area (Å²) in [4.78, 5) is 0. The summed E-state index contributed by atoms with van der Waals surface area (Å²) >= 11 is 3.63. The molecule has 0 unspecified atom stereocenters. The molecular weight excluding hydrogens is 306 g/mol. The van der Waals surface area contributed by atoms with Gasteiger partial charge in [0.1, 0.15) is 0 Å². The van der Waals surface area contributed by atoms with Gasteiger partial charge in [0.15, 0.2) is 11.5 Å². The van der Waals surface area contributed by atoms with Crippen molar-refractivity contribution in [1.29, 1.82) is 0 Å². The lowest BCUT2D eigenvalue weighted by Crippen LogP contribution is -2.37. The van der Waals surface area contributed by atoms with Gasteiger partial charge in [-0.2, -0.15) is 0 Å². The lowest BCUT2D eigenvalue weighted by atomic mass is 9.69. The van der Waals surface area contributed by atoms with Gasteiger partial charge in [0, 0.05) is 22.0 Å². The predicted molar refractivity (Wildman–Crippen MR) is 80.9 cm³/mol. The van der Waals surface area contributed by atoms with E-state index in [9.17, 15) is 5.11 Å². The van der Waals surface area contributed by atoms with Gasteiger partial charge in [0.25, 0.3) is 0 Å². The van der Waals surface area contributed by atoms with Crippen molar-refractivity contribution < 1.29 is 9.84 Å². The van der Waals surface area contributed by atoms with Crippen molar-refractivity contribution in [3.05, 3.63) is 21.7 Å². The number of methoxy groups -OCH3 is 1. The number of hydrogen-bond donors (Lipinski definition) is 2. The number of ether oxygens (including phenoxy) is 1. The number of halogens is 1. The molecule has 0 heterocycles. The largest absolute Gasteiger partial charge is 0.504 e.